The van der Waals surface area contributed by atoms with Crippen LogP contribution in [0.4, 0.5) is 4.39 Å². The van der Waals surface area contributed by atoms with Gasteiger partial charge in [-0.3, -0.25) is 0 Å². The minimum Gasteiger partial charge on any atom is -0.494 e. The van der Waals surface area contributed by atoms with Crippen molar-refractivity contribution in [3.63, 3.8) is 0 Å². The zero-order chi connectivity index (χ0) is 16.4. The molecule has 0 aliphatic carbocycles. The van der Waals surface area contributed by atoms with E-state index in [4.69, 9.17) is 32.7 Å². The fraction of sp³-hybridized carbons (Fsp3) is 0.125. The molecule has 0 aliphatic rings. The summed E-state index contributed by atoms with van der Waals surface area (Å²) in [6, 6.07) is 7.88. The molecule has 1 heterocycles. The Balaban J connectivity index is 1.89. The molecule has 0 spiro atoms. The molecule has 0 bridgehead atoms. The van der Waals surface area contributed by atoms with Crippen LogP contribution < -0.4 is 9.47 Å². The maximum atomic E-state index is 13.7. The molecule has 2 aromatic carbocycles. The summed E-state index contributed by atoms with van der Waals surface area (Å²) in [6.07, 6.45) is 1.35. The molecule has 3 aromatic rings. The minimum absolute atomic E-state index is 0.136. The summed E-state index contributed by atoms with van der Waals surface area (Å²) < 4.78 is 24.2. The molecule has 23 heavy (non-hydrogen) atoms. The summed E-state index contributed by atoms with van der Waals surface area (Å²) in [4.78, 5) is 8.21. The molecule has 4 nitrogen and oxygen atoms in total. The lowest BCUT2D eigenvalue weighted by molar-refractivity contribution is 0.296. The molecular weight excluding hydrogens is 342 g/mol. The van der Waals surface area contributed by atoms with E-state index in [1.807, 2.05) is 0 Å². The van der Waals surface area contributed by atoms with Gasteiger partial charge in [-0.05, 0) is 29.8 Å². The van der Waals surface area contributed by atoms with Crippen molar-refractivity contribution in [3.05, 3.63) is 58.1 Å². The summed E-state index contributed by atoms with van der Waals surface area (Å²) in [6.45, 7) is 0.136. The molecular formula is C16H11Cl2FN2O2. The van der Waals surface area contributed by atoms with Gasteiger partial charge < -0.3 is 9.47 Å². The molecule has 0 N–H and O–H groups in total. The van der Waals surface area contributed by atoms with E-state index in [1.54, 1.807) is 24.3 Å². The van der Waals surface area contributed by atoms with Gasteiger partial charge >= 0.3 is 0 Å². The first-order valence-electron chi connectivity index (χ1n) is 6.63. The SMILES string of the molecule is COc1ccc(COc2ncnc3c(Cl)cc(Cl)cc23)cc1F. The van der Waals surface area contributed by atoms with Crippen molar-refractivity contribution >= 4 is 34.1 Å². The van der Waals surface area contributed by atoms with Gasteiger partial charge in [-0.1, -0.05) is 29.3 Å². The van der Waals surface area contributed by atoms with Crippen molar-refractivity contribution in [1.82, 2.24) is 9.97 Å². The summed E-state index contributed by atoms with van der Waals surface area (Å²) in [5.74, 6) is 0.0580. The van der Waals surface area contributed by atoms with Crippen molar-refractivity contribution in [2.75, 3.05) is 7.11 Å². The Morgan fingerprint density at radius 3 is 2.70 bits per heavy atom. The standard InChI is InChI=1S/C16H11Cl2FN2O2/c1-22-14-3-2-9(4-13(14)19)7-23-16-11-5-10(17)6-12(18)15(11)20-8-21-16/h2-6,8H,7H2,1H3. The first kappa shape index (κ1) is 15.8. The highest BCUT2D eigenvalue weighted by Gasteiger charge is 2.10. The normalized spacial score (nSPS) is 10.8. The quantitative estimate of drug-likeness (QED) is 0.684. The van der Waals surface area contributed by atoms with Crippen LogP contribution >= 0.6 is 23.2 Å². The van der Waals surface area contributed by atoms with Crippen molar-refractivity contribution < 1.29 is 13.9 Å². The van der Waals surface area contributed by atoms with Crippen molar-refractivity contribution in [3.8, 4) is 11.6 Å². The Kier molecular flexibility index (Phi) is 4.50. The van der Waals surface area contributed by atoms with E-state index in [9.17, 15) is 4.39 Å². The van der Waals surface area contributed by atoms with Gasteiger partial charge in [-0.2, -0.15) is 0 Å². The van der Waals surface area contributed by atoms with Gasteiger partial charge in [0.15, 0.2) is 11.6 Å². The maximum Gasteiger partial charge on any atom is 0.224 e. The number of hydrogen-bond donors (Lipinski definition) is 0. The predicted octanol–water partition coefficient (Wildman–Crippen LogP) is 4.66. The highest BCUT2D eigenvalue weighted by molar-refractivity contribution is 6.38. The second-order valence-corrected chi connectivity index (χ2v) is 5.56. The molecule has 118 valence electrons. The fourth-order valence-corrected chi connectivity index (χ4v) is 2.68. The number of ether oxygens (including phenoxy) is 2. The lowest BCUT2D eigenvalue weighted by Crippen LogP contribution is -2.00. The van der Waals surface area contributed by atoms with Crippen LogP contribution in [0.3, 0.4) is 0 Å². The summed E-state index contributed by atoms with van der Waals surface area (Å²) in [5, 5.41) is 1.46. The van der Waals surface area contributed by atoms with Gasteiger partial charge in [-0.15, -0.1) is 0 Å². The number of rotatable bonds is 4. The Morgan fingerprint density at radius 2 is 1.96 bits per heavy atom. The molecule has 1 aromatic heterocycles. The third-order valence-electron chi connectivity index (χ3n) is 3.21. The molecule has 0 amide bonds. The lowest BCUT2D eigenvalue weighted by Gasteiger charge is -2.10. The van der Waals surface area contributed by atoms with E-state index in [0.29, 0.717) is 32.4 Å². The molecule has 3 rings (SSSR count). The molecule has 0 radical (unpaired) electrons. The summed E-state index contributed by atoms with van der Waals surface area (Å²) in [5.41, 5.74) is 1.19. The third kappa shape index (κ3) is 3.30. The van der Waals surface area contributed by atoms with Gasteiger partial charge in [0.25, 0.3) is 0 Å². The number of benzene rings is 2. The summed E-state index contributed by atoms with van der Waals surface area (Å²) in [7, 11) is 1.41. The van der Waals surface area contributed by atoms with Crippen LogP contribution in [0.1, 0.15) is 5.56 Å². The fourth-order valence-electron chi connectivity index (χ4n) is 2.14. The average Bonchev–Trinajstić information content (AvgIpc) is 2.53. The highest BCUT2D eigenvalue weighted by Crippen LogP contribution is 2.31. The van der Waals surface area contributed by atoms with E-state index >= 15 is 0 Å². The van der Waals surface area contributed by atoms with Gasteiger partial charge in [0.1, 0.15) is 12.9 Å². The van der Waals surface area contributed by atoms with Crippen LogP contribution in [0.5, 0.6) is 11.6 Å². The number of hydrogen-bond acceptors (Lipinski definition) is 4. The Labute approximate surface area is 141 Å². The van der Waals surface area contributed by atoms with E-state index in [-0.39, 0.29) is 12.4 Å². The van der Waals surface area contributed by atoms with Crippen LogP contribution in [0, 0.1) is 5.82 Å². The smallest absolute Gasteiger partial charge is 0.224 e. The van der Waals surface area contributed by atoms with Crippen LogP contribution in [0.15, 0.2) is 36.7 Å². The second-order valence-electron chi connectivity index (χ2n) is 4.72. The van der Waals surface area contributed by atoms with Crippen LogP contribution in [0.25, 0.3) is 10.9 Å². The maximum absolute atomic E-state index is 13.7. The molecule has 7 heteroatoms. The first-order chi connectivity index (χ1) is 11.1. The first-order valence-corrected chi connectivity index (χ1v) is 7.39. The van der Waals surface area contributed by atoms with E-state index in [1.165, 1.54) is 19.5 Å². The second kappa shape index (κ2) is 6.56. The van der Waals surface area contributed by atoms with Crippen LogP contribution in [-0.2, 0) is 6.61 Å². The van der Waals surface area contributed by atoms with Crippen molar-refractivity contribution in [2.45, 2.75) is 6.61 Å². The monoisotopic (exact) mass is 352 g/mol. The van der Waals surface area contributed by atoms with Gasteiger partial charge in [0, 0.05) is 5.02 Å². The van der Waals surface area contributed by atoms with Crippen LogP contribution in [0.2, 0.25) is 10.0 Å². The zero-order valence-electron chi connectivity index (χ0n) is 12.0. The highest BCUT2D eigenvalue weighted by atomic mass is 35.5. The zero-order valence-corrected chi connectivity index (χ0v) is 13.5. The molecule has 0 atom stereocenters. The van der Waals surface area contributed by atoms with Gasteiger partial charge in [0.05, 0.1) is 23.0 Å². The van der Waals surface area contributed by atoms with E-state index in [0.717, 1.165) is 0 Å². The van der Waals surface area contributed by atoms with Crippen molar-refractivity contribution in [2.24, 2.45) is 0 Å². The van der Waals surface area contributed by atoms with Gasteiger partial charge in [0.2, 0.25) is 5.88 Å². The Hall–Kier alpha value is -2.11. The van der Waals surface area contributed by atoms with E-state index in [2.05, 4.69) is 9.97 Å². The third-order valence-corrected chi connectivity index (χ3v) is 3.72. The Morgan fingerprint density at radius 1 is 1.13 bits per heavy atom. The number of halogens is 3. The minimum atomic E-state index is -0.452. The largest absolute Gasteiger partial charge is 0.494 e. The predicted molar refractivity (Wildman–Crippen MR) is 86.8 cm³/mol. The summed E-state index contributed by atoms with van der Waals surface area (Å²) >= 11 is 12.1. The van der Waals surface area contributed by atoms with Gasteiger partial charge in [-0.25, -0.2) is 14.4 Å². The molecule has 0 aliphatic heterocycles. The van der Waals surface area contributed by atoms with Crippen LogP contribution in [-0.4, -0.2) is 17.1 Å². The van der Waals surface area contributed by atoms with E-state index < -0.39 is 5.82 Å². The molecule has 0 fully saturated rings. The molecule has 0 saturated heterocycles. The topological polar surface area (TPSA) is 44.2 Å². The number of fused-ring (bicyclic) bond motifs is 1. The number of methoxy groups -OCH3 is 1. The number of nitrogens with zero attached hydrogens (tertiary/aromatic N) is 2. The Bertz CT molecular complexity index is 874. The average molecular weight is 353 g/mol. The number of aromatic nitrogens is 2. The molecule has 0 unspecified atom stereocenters. The van der Waals surface area contributed by atoms with Crippen molar-refractivity contribution in [1.29, 1.82) is 0 Å². The lowest BCUT2D eigenvalue weighted by atomic mass is 10.2. The molecule has 0 saturated carbocycles.